The number of benzene rings is 2. The Morgan fingerprint density at radius 2 is 1.84 bits per heavy atom. The summed E-state index contributed by atoms with van der Waals surface area (Å²) < 4.78 is 16.1. The number of oxazole rings is 1. The van der Waals surface area contributed by atoms with Crippen LogP contribution < -0.4 is 10.1 Å². The van der Waals surface area contributed by atoms with Gasteiger partial charge < -0.3 is 13.9 Å². The second-order valence-electron chi connectivity index (χ2n) is 7.13. The second kappa shape index (κ2) is 9.75. The van der Waals surface area contributed by atoms with Crippen molar-refractivity contribution in [3.05, 3.63) is 83.6 Å². The van der Waals surface area contributed by atoms with Crippen molar-refractivity contribution in [2.24, 2.45) is 0 Å². The molecule has 1 aliphatic rings. The molecule has 0 aliphatic carbocycles. The molecule has 3 aromatic rings. The van der Waals surface area contributed by atoms with Crippen molar-refractivity contribution in [3.8, 4) is 5.75 Å². The van der Waals surface area contributed by atoms with Gasteiger partial charge in [0, 0.05) is 6.08 Å². The number of hydrogen-bond donors (Lipinski definition) is 1. The van der Waals surface area contributed by atoms with E-state index in [0.717, 1.165) is 29.7 Å². The van der Waals surface area contributed by atoms with E-state index >= 15 is 0 Å². The Hall–Kier alpha value is -3.87. The summed E-state index contributed by atoms with van der Waals surface area (Å²) in [6, 6.07) is 17.7. The molecule has 2 heterocycles. The number of imide groups is 1. The van der Waals surface area contributed by atoms with Crippen molar-refractivity contribution in [1.82, 2.24) is 10.3 Å². The maximum atomic E-state index is 11.5. The fourth-order valence-electron chi connectivity index (χ4n) is 3.18. The fourth-order valence-corrected chi connectivity index (χ4v) is 3.18. The molecule has 2 amide bonds. The summed E-state index contributed by atoms with van der Waals surface area (Å²) in [7, 11) is 0. The van der Waals surface area contributed by atoms with E-state index in [1.165, 1.54) is 0 Å². The third kappa shape index (κ3) is 5.82. The van der Waals surface area contributed by atoms with Crippen LogP contribution in [0.2, 0.25) is 0 Å². The van der Waals surface area contributed by atoms with E-state index in [0.29, 0.717) is 24.6 Å². The fraction of sp³-hybridized carbons (Fsp3) is 0.208. The number of amides is 2. The van der Waals surface area contributed by atoms with Gasteiger partial charge in [-0.05, 0) is 48.6 Å². The zero-order valence-electron chi connectivity index (χ0n) is 16.8. The number of alkyl carbamates (subject to hydrolysis) is 1. The number of hydrogen-bond acceptors (Lipinski definition) is 6. The van der Waals surface area contributed by atoms with Gasteiger partial charge in [0.15, 0.2) is 6.10 Å². The van der Waals surface area contributed by atoms with Crippen molar-refractivity contribution >= 4 is 24.2 Å². The lowest BCUT2D eigenvalue weighted by Crippen LogP contribution is -2.24. The molecule has 0 saturated carbocycles. The lowest BCUT2D eigenvalue weighted by molar-refractivity contribution is -0.123. The van der Waals surface area contributed by atoms with Crippen molar-refractivity contribution < 1.29 is 23.5 Å². The SMILES string of the molecule is O=C1NC(=O)C(CCCc2ccc(OCc3coc(C=Cc4ccccc4)n3)cc2)O1. The molecule has 4 rings (SSSR count). The largest absolute Gasteiger partial charge is 0.487 e. The molecule has 31 heavy (non-hydrogen) atoms. The molecule has 1 N–H and O–H groups in total. The van der Waals surface area contributed by atoms with Gasteiger partial charge in [-0.25, -0.2) is 9.78 Å². The Bertz CT molecular complexity index is 1060. The topological polar surface area (TPSA) is 90.7 Å². The van der Waals surface area contributed by atoms with Gasteiger partial charge in [0.2, 0.25) is 5.89 Å². The molecule has 0 radical (unpaired) electrons. The first-order valence-corrected chi connectivity index (χ1v) is 10.1. The van der Waals surface area contributed by atoms with Crippen LogP contribution in [0.25, 0.3) is 12.2 Å². The van der Waals surface area contributed by atoms with Crippen LogP contribution in [-0.4, -0.2) is 23.1 Å². The summed E-state index contributed by atoms with van der Waals surface area (Å²) in [5.74, 6) is 0.900. The number of rotatable bonds is 9. The lowest BCUT2D eigenvalue weighted by atomic mass is 10.1. The van der Waals surface area contributed by atoms with Gasteiger partial charge in [-0.2, -0.15) is 0 Å². The molecule has 7 heteroatoms. The maximum absolute atomic E-state index is 11.5. The minimum atomic E-state index is -0.676. The van der Waals surface area contributed by atoms with E-state index in [4.69, 9.17) is 13.9 Å². The van der Waals surface area contributed by atoms with Crippen LogP contribution in [0.3, 0.4) is 0 Å². The second-order valence-corrected chi connectivity index (χ2v) is 7.13. The maximum Gasteiger partial charge on any atom is 0.414 e. The van der Waals surface area contributed by atoms with Crippen LogP contribution in [0, 0.1) is 0 Å². The third-order valence-corrected chi connectivity index (χ3v) is 4.80. The summed E-state index contributed by atoms with van der Waals surface area (Å²) in [6.07, 6.45) is 6.04. The van der Waals surface area contributed by atoms with E-state index in [1.54, 1.807) is 6.26 Å². The summed E-state index contributed by atoms with van der Waals surface area (Å²) in [6.45, 7) is 0.310. The molecular formula is C24H22N2O5. The predicted molar refractivity (Wildman–Crippen MR) is 114 cm³/mol. The van der Waals surface area contributed by atoms with E-state index in [-0.39, 0.29) is 5.91 Å². The number of nitrogens with zero attached hydrogens (tertiary/aromatic N) is 1. The van der Waals surface area contributed by atoms with E-state index in [2.05, 4.69) is 10.3 Å². The summed E-state index contributed by atoms with van der Waals surface area (Å²) in [5, 5.41) is 2.13. The van der Waals surface area contributed by atoms with E-state index in [9.17, 15) is 9.59 Å². The highest BCUT2D eigenvalue weighted by atomic mass is 16.6. The minimum Gasteiger partial charge on any atom is -0.487 e. The van der Waals surface area contributed by atoms with Crippen LogP contribution in [0.5, 0.6) is 5.75 Å². The van der Waals surface area contributed by atoms with Gasteiger partial charge >= 0.3 is 6.09 Å². The number of ether oxygens (including phenoxy) is 2. The molecule has 1 saturated heterocycles. The molecular weight excluding hydrogens is 396 g/mol. The summed E-state index contributed by atoms with van der Waals surface area (Å²) in [4.78, 5) is 26.9. The third-order valence-electron chi connectivity index (χ3n) is 4.80. The Kier molecular flexibility index (Phi) is 6.42. The van der Waals surface area contributed by atoms with Gasteiger partial charge in [-0.1, -0.05) is 42.5 Å². The first-order chi connectivity index (χ1) is 15.2. The van der Waals surface area contributed by atoms with Crippen LogP contribution >= 0.6 is 0 Å². The first kappa shape index (κ1) is 20.4. The average Bonchev–Trinajstić information content (AvgIpc) is 3.38. The quantitative estimate of drug-likeness (QED) is 0.555. The van der Waals surface area contributed by atoms with Crippen molar-refractivity contribution in [2.75, 3.05) is 0 Å². The molecule has 158 valence electrons. The monoisotopic (exact) mass is 418 g/mol. The number of aromatic nitrogens is 1. The zero-order chi connectivity index (χ0) is 21.5. The molecule has 1 fully saturated rings. The van der Waals surface area contributed by atoms with Gasteiger partial charge in [-0.3, -0.25) is 10.1 Å². The van der Waals surface area contributed by atoms with Gasteiger partial charge in [-0.15, -0.1) is 0 Å². The normalized spacial score (nSPS) is 15.8. The smallest absolute Gasteiger partial charge is 0.414 e. The van der Waals surface area contributed by atoms with Crippen molar-refractivity contribution in [3.63, 3.8) is 0 Å². The first-order valence-electron chi connectivity index (χ1n) is 10.1. The molecule has 7 nitrogen and oxygen atoms in total. The number of cyclic esters (lactones) is 1. The molecule has 0 spiro atoms. The van der Waals surface area contributed by atoms with Crippen LogP contribution in [-0.2, 0) is 22.6 Å². The van der Waals surface area contributed by atoms with Gasteiger partial charge in [0.25, 0.3) is 5.91 Å². The Morgan fingerprint density at radius 1 is 1.03 bits per heavy atom. The standard InChI is InChI=1S/C24H22N2O5/c27-23-21(31-24(28)26-23)8-4-7-18-9-12-20(13-10-18)29-15-19-16-30-22(25-19)14-11-17-5-2-1-3-6-17/h1-3,5-6,9-14,16,21H,4,7-8,15H2,(H,26,27,28). The highest BCUT2D eigenvalue weighted by Gasteiger charge is 2.31. The highest BCUT2D eigenvalue weighted by molar-refractivity contribution is 5.99. The Labute approximate surface area is 179 Å². The number of aryl methyl sites for hydroxylation is 1. The van der Waals surface area contributed by atoms with Gasteiger partial charge in [0.05, 0.1) is 0 Å². The molecule has 0 bridgehead atoms. The average molecular weight is 418 g/mol. The number of carbonyl (C=O) groups excluding carboxylic acids is 2. The Morgan fingerprint density at radius 3 is 2.58 bits per heavy atom. The summed E-state index contributed by atoms with van der Waals surface area (Å²) >= 11 is 0. The van der Waals surface area contributed by atoms with E-state index < -0.39 is 12.2 Å². The van der Waals surface area contributed by atoms with E-state index in [1.807, 2.05) is 66.7 Å². The lowest BCUT2D eigenvalue weighted by Gasteiger charge is -2.07. The van der Waals surface area contributed by atoms with Crippen molar-refractivity contribution in [2.45, 2.75) is 32.0 Å². The molecule has 1 atom stereocenters. The number of carbonyl (C=O) groups is 2. The summed E-state index contributed by atoms with van der Waals surface area (Å²) in [5.41, 5.74) is 2.90. The number of nitrogens with one attached hydrogen (secondary N) is 1. The van der Waals surface area contributed by atoms with Crippen LogP contribution in [0.1, 0.15) is 35.6 Å². The Balaban J connectivity index is 1.21. The predicted octanol–water partition coefficient (Wildman–Crippen LogP) is 4.38. The van der Waals surface area contributed by atoms with Crippen LogP contribution in [0.15, 0.2) is 65.3 Å². The highest BCUT2D eigenvalue weighted by Crippen LogP contribution is 2.17. The molecule has 1 aliphatic heterocycles. The molecule has 2 aromatic carbocycles. The molecule has 1 unspecified atom stereocenters. The van der Waals surface area contributed by atoms with Gasteiger partial charge in [0.1, 0.15) is 24.3 Å². The minimum absolute atomic E-state index is 0.310. The zero-order valence-corrected chi connectivity index (χ0v) is 16.8. The van der Waals surface area contributed by atoms with Crippen molar-refractivity contribution in [1.29, 1.82) is 0 Å². The molecule has 1 aromatic heterocycles. The van der Waals surface area contributed by atoms with Crippen LogP contribution in [0.4, 0.5) is 4.79 Å².